The van der Waals surface area contributed by atoms with Gasteiger partial charge < -0.3 is 10.2 Å². The largest absolute Gasteiger partial charge is 0.481 e. The molecule has 0 radical (unpaired) electrons. The first-order chi connectivity index (χ1) is 7.84. The molecular weight excluding hydrogens is 247 g/mol. The Morgan fingerprint density at radius 3 is 2.41 bits per heavy atom. The van der Waals surface area contributed by atoms with Gasteiger partial charge in [0.05, 0.1) is 17.0 Å². The third-order valence-electron chi connectivity index (χ3n) is 2.63. The monoisotopic (exact) mass is 260 g/mol. The summed E-state index contributed by atoms with van der Waals surface area (Å²) in [6, 6.07) is 3.70. The number of aliphatic carboxylic acids is 1. The van der Waals surface area contributed by atoms with Gasteiger partial charge in [0.2, 0.25) is 0 Å². The van der Waals surface area contributed by atoms with Crippen molar-refractivity contribution in [3.8, 4) is 0 Å². The number of carboxylic acids is 1. The summed E-state index contributed by atoms with van der Waals surface area (Å²) >= 11 is 5.59. The van der Waals surface area contributed by atoms with Crippen LogP contribution in [0.5, 0.6) is 0 Å². The smallest absolute Gasteiger partial charge is 0.309 e. The van der Waals surface area contributed by atoms with E-state index in [1.165, 1.54) is 12.1 Å². The molecule has 0 fully saturated rings. The van der Waals surface area contributed by atoms with Crippen LogP contribution in [0.3, 0.4) is 0 Å². The molecule has 0 bridgehead atoms. The van der Waals surface area contributed by atoms with Crippen molar-refractivity contribution in [3.63, 3.8) is 0 Å². The van der Waals surface area contributed by atoms with Crippen molar-refractivity contribution >= 4 is 17.6 Å². The number of hydrogen-bond donors (Lipinski definition) is 2. The van der Waals surface area contributed by atoms with Gasteiger partial charge in [0.1, 0.15) is 5.82 Å². The average Bonchev–Trinajstić information content (AvgIpc) is 2.20. The highest BCUT2D eigenvalue weighted by Crippen LogP contribution is 2.30. The highest BCUT2D eigenvalue weighted by atomic mass is 35.5. The predicted molar refractivity (Wildman–Crippen MR) is 62.3 cm³/mol. The van der Waals surface area contributed by atoms with Crippen LogP contribution in [0.15, 0.2) is 18.2 Å². The SMILES string of the molecule is CC(C)C(C(=O)O)C(O)c1ccc(F)c(Cl)c1. The molecule has 0 saturated carbocycles. The van der Waals surface area contributed by atoms with Crippen molar-refractivity contribution in [1.29, 1.82) is 0 Å². The zero-order valence-corrected chi connectivity index (χ0v) is 10.3. The molecule has 0 spiro atoms. The third kappa shape index (κ3) is 3.17. The van der Waals surface area contributed by atoms with Gasteiger partial charge in [-0.1, -0.05) is 31.5 Å². The molecule has 5 heteroatoms. The minimum Gasteiger partial charge on any atom is -0.481 e. The molecule has 0 aromatic heterocycles. The van der Waals surface area contributed by atoms with E-state index in [1.54, 1.807) is 13.8 Å². The Morgan fingerprint density at radius 2 is 2.00 bits per heavy atom. The van der Waals surface area contributed by atoms with E-state index in [4.69, 9.17) is 16.7 Å². The second kappa shape index (κ2) is 5.47. The molecule has 0 amide bonds. The highest BCUT2D eigenvalue weighted by molar-refractivity contribution is 6.30. The Labute approximate surface area is 104 Å². The van der Waals surface area contributed by atoms with Crippen molar-refractivity contribution in [2.75, 3.05) is 0 Å². The molecule has 0 aliphatic rings. The second-order valence-electron chi connectivity index (χ2n) is 4.23. The van der Waals surface area contributed by atoms with Crippen LogP contribution in [-0.2, 0) is 4.79 Å². The highest BCUT2D eigenvalue weighted by Gasteiger charge is 2.30. The average molecular weight is 261 g/mol. The number of halogens is 2. The van der Waals surface area contributed by atoms with Crippen LogP contribution >= 0.6 is 11.6 Å². The predicted octanol–water partition coefficient (Wildman–Crippen LogP) is 2.87. The van der Waals surface area contributed by atoms with Crippen molar-refractivity contribution in [2.24, 2.45) is 11.8 Å². The topological polar surface area (TPSA) is 57.5 Å². The van der Waals surface area contributed by atoms with E-state index < -0.39 is 23.8 Å². The Bertz CT molecular complexity index is 420. The van der Waals surface area contributed by atoms with Crippen LogP contribution < -0.4 is 0 Å². The zero-order chi connectivity index (χ0) is 13.2. The maximum absolute atomic E-state index is 13.0. The van der Waals surface area contributed by atoms with Crippen molar-refractivity contribution in [3.05, 3.63) is 34.6 Å². The van der Waals surface area contributed by atoms with Crippen LogP contribution in [0.2, 0.25) is 5.02 Å². The molecule has 0 heterocycles. The summed E-state index contributed by atoms with van der Waals surface area (Å²) in [6.45, 7) is 3.40. The molecule has 1 aromatic carbocycles. The molecule has 17 heavy (non-hydrogen) atoms. The molecule has 3 nitrogen and oxygen atoms in total. The summed E-state index contributed by atoms with van der Waals surface area (Å²) in [5.74, 6) is -2.88. The van der Waals surface area contributed by atoms with Crippen molar-refractivity contribution in [1.82, 2.24) is 0 Å². The quantitative estimate of drug-likeness (QED) is 0.875. The van der Waals surface area contributed by atoms with Crippen molar-refractivity contribution in [2.45, 2.75) is 20.0 Å². The minimum absolute atomic E-state index is 0.130. The standard InChI is InChI=1S/C12H14ClFO3/c1-6(2)10(12(16)17)11(15)7-3-4-9(14)8(13)5-7/h3-6,10-11,15H,1-2H3,(H,16,17). The molecule has 1 aromatic rings. The first-order valence-corrected chi connectivity index (χ1v) is 5.58. The Balaban J connectivity index is 3.05. The molecule has 2 N–H and O–H groups in total. The summed E-state index contributed by atoms with van der Waals surface area (Å²) in [5.41, 5.74) is 0.303. The van der Waals surface area contributed by atoms with Gasteiger partial charge in [-0.2, -0.15) is 0 Å². The lowest BCUT2D eigenvalue weighted by Gasteiger charge is -2.22. The number of carbonyl (C=O) groups is 1. The molecule has 0 aliphatic heterocycles. The number of rotatable bonds is 4. The van der Waals surface area contributed by atoms with Gasteiger partial charge in [0.25, 0.3) is 0 Å². The van der Waals surface area contributed by atoms with Crippen LogP contribution in [0, 0.1) is 17.7 Å². The Morgan fingerprint density at radius 1 is 1.41 bits per heavy atom. The fraction of sp³-hybridized carbons (Fsp3) is 0.417. The van der Waals surface area contributed by atoms with Crippen LogP contribution in [0.4, 0.5) is 4.39 Å². The molecule has 1 rings (SSSR count). The third-order valence-corrected chi connectivity index (χ3v) is 2.92. The summed E-state index contributed by atoms with van der Waals surface area (Å²) < 4.78 is 13.0. The van der Waals surface area contributed by atoms with Gasteiger partial charge in [-0.05, 0) is 23.6 Å². The van der Waals surface area contributed by atoms with E-state index in [2.05, 4.69) is 0 Å². The molecule has 2 atom stereocenters. The lowest BCUT2D eigenvalue weighted by atomic mass is 9.86. The van der Waals surface area contributed by atoms with E-state index in [1.807, 2.05) is 0 Å². The number of aliphatic hydroxyl groups excluding tert-OH is 1. The zero-order valence-electron chi connectivity index (χ0n) is 9.52. The van der Waals surface area contributed by atoms with Gasteiger partial charge in [-0.25, -0.2) is 4.39 Å². The van der Waals surface area contributed by atoms with E-state index in [0.29, 0.717) is 5.56 Å². The maximum Gasteiger partial charge on any atom is 0.309 e. The number of aliphatic hydroxyl groups is 1. The first kappa shape index (κ1) is 13.9. The normalized spacial score (nSPS) is 14.7. The first-order valence-electron chi connectivity index (χ1n) is 5.20. The number of carboxylic acid groups (broad SMARTS) is 1. The molecule has 2 unspecified atom stereocenters. The van der Waals surface area contributed by atoms with Crippen LogP contribution in [0.1, 0.15) is 25.5 Å². The van der Waals surface area contributed by atoms with Gasteiger partial charge >= 0.3 is 5.97 Å². The Kier molecular flexibility index (Phi) is 4.48. The number of benzene rings is 1. The van der Waals surface area contributed by atoms with Gasteiger partial charge in [-0.15, -0.1) is 0 Å². The lowest BCUT2D eigenvalue weighted by molar-refractivity contribution is -0.148. The van der Waals surface area contributed by atoms with Crippen molar-refractivity contribution < 1.29 is 19.4 Å². The number of hydrogen-bond acceptors (Lipinski definition) is 2. The fourth-order valence-corrected chi connectivity index (χ4v) is 1.88. The van der Waals surface area contributed by atoms with E-state index >= 15 is 0 Å². The van der Waals surface area contributed by atoms with E-state index in [-0.39, 0.29) is 10.9 Å². The second-order valence-corrected chi connectivity index (χ2v) is 4.63. The molecule has 0 saturated heterocycles. The molecule has 0 aliphatic carbocycles. The summed E-state index contributed by atoms with van der Waals surface area (Å²) in [5, 5.41) is 18.9. The maximum atomic E-state index is 13.0. The van der Waals surface area contributed by atoms with E-state index in [0.717, 1.165) is 6.07 Å². The molecular formula is C12H14ClFO3. The van der Waals surface area contributed by atoms with Crippen LogP contribution in [0.25, 0.3) is 0 Å². The summed E-state index contributed by atoms with van der Waals surface area (Å²) in [7, 11) is 0. The minimum atomic E-state index is -1.20. The van der Waals surface area contributed by atoms with E-state index in [9.17, 15) is 14.3 Å². The van der Waals surface area contributed by atoms with Crippen LogP contribution in [-0.4, -0.2) is 16.2 Å². The lowest BCUT2D eigenvalue weighted by Crippen LogP contribution is -2.26. The molecule has 94 valence electrons. The van der Waals surface area contributed by atoms with Gasteiger partial charge in [0.15, 0.2) is 0 Å². The summed E-state index contributed by atoms with van der Waals surface area (Å²) in [4.78, 5) is 11.0. The van der Waals surface area contributed by atoms with Gasteiger partial charge in [0, 0.05) is 0 Å². The van der Waals surface area contributed by atoms with Gasteiger partial charge in [-0.3, -0.25) is 4.79 Å². The Hall–Kier alpha value is -1.13. The fourth-order valence-electron chi connectivity index (χ4n) is 1.69. The summed E-state index contributed by atoms with van der Waals surface area (Å²) in [6.07, 6.45) is -1.20.